The van der Waals surface area contributed by atoms with Gasteiger partial charge < -0.3 is 5.32 Å². The van der Waals surface area contributed by atoms with E-state index < -0.39 is 12.7 Å². The zero-order valence-electron chi connectivity index (χ0n) is 10.7. The molecule has 1 amide bonds. The van der Waals surface area contributed by atoms with Gasteiger partial charge in [-0.05, 0) is 22.4 Å². The van der Waals surface area contributed by atoms with E-state index in [4.69, 9.17) is 0 Å². The van der Waals surface area contributed by atoms with Gasteiger partial charge in [-0.2, -0.15) is 18.3 Å². The summed E-state index contributed by atoms with van der Waals surface area (Å²) in [7, 11) is 1.68. The van der Waals surface area contributed by atoms with Crippen LogP contribution >= 0.6 is 15.9 Å². The molecule has 1 aliphatic rings. The fraction of sp³-hybridized carbons (Fsp3) is 0.636. The lowest BCUT2D eigenvalue weighted by Gasteiger charge is -2.18. The zero-order chi connectivity index (χ0) is 14.9. The van der Waals surface area contributed by atoms with Gasteiger partial charge in [0.15, 0.2) is 0 Å². The minimum atomic E-state index is -4.20. The van der Waals surface area contributed by atoms with E-state index in [1.807, 2.05) is 0 Å². The molecule has 0 radical (unpaired) electrons. The highest BCUT2D eigenvalue weighted by Crippen LogP contribution is 2.20. The predicted octanol–water partition coefficient (Wildman–Crippen LogP) is 1.55. The van der Waals surface area contributed by atoms with Crippen molar-refractivity contribution in [3.05, 3.63) is 16.4 Å². The molecule has 2 rings (SSSR count). The molecule has 0 unspecified atom stereocenters. The van der Waals surface area contributed by atoms with Crippen LogP contribution in [-0.4, -0.2) is 52.4 Å². The Hall–Kier alpha value is -1.09. The monoisotopic (exact) mass is 354 g/mol. The Balaban J connectivity index is 1.89. The Kier molecular flexibility index (Phi) is 4.38. The number of hydrogen-bond acceptors (Lipinski definition) is 3. The number of nitrogens with one attached hydrogen (secondary N) is 1. The molecule has 1 atom stereocenters. The lowest BCUT2D eigenvalue weighted by atomic mass is 10.2. The van der Waals surface area contributed by atoms with E-state index in [0.717, 1.165) is 0 Å². The summed E-state index contributed by atoms with van der Waals surface area (Å²) in [6.45, 7) is -0.391. The van der Waals surface area contributed by atoms with Crippen molar-refractivity contribution in [1.82, 2.24) is 20.0 Å². The molecule has 5 nitrogen and oxygen atoms in total. The first-order valence-corrected chi connectivity index (χ1v) is 6.83. The number of aromatic nitrogens is 2. The maximum atomic E-state index is 12.3. The first-order valence-electron chi connectivity index (χ1n) is 6.04. The van der Waals surface area contributed by atoms with Crippen LogP contribution in [0.5, 0.6) is 0 Å². The van der Waals surface area contributed by atoms with Crippen LogP contribution in [0.3, 0.4) is 0 Å². The zero-order valence-corrected chi connectivity index (χ0v) is 12.3. The van der Waals surface area contributed by atoms with Gasteiger partial charge in [0.25, 0.3) is 5.91 Å². The molecule has 1 aromatic heterocycles. The molecule has 0 aliphatic carbocycles. The van der Waals surface area contributed by atoms with Gasteiger partial charge in [0.05, 0.1) is 18.3 Å². The van der Waals surface area contributed by atoms with E-state index in [-0.39, 0.29) is 18.5 Å². The van der Waals surface area contributed by atoms with E-state index in [1.165, 1.54) is 15.8 Å². The topological polar surface area (TPSA) is 50.2 Å². The highest BCUT2D eigenvalue weighted by atomic mass is 79.9. The molecule has 0 bridgehead atoms. The second-order valence-corrected chi connectivity index (χ2v) is 5.53. The van der Waals surface area contributed by atoms with Crippen molar-refractivity contribution in [2.24, 2.45) is 7.05 Å². The summed E-state index contributed by atoms with van der Waals surface area (Å²) in [5.41, 5.74) is 0.377. The number of carbonyl (C=O) groups excluding carboxylic acids is 1. The summed E-state index contributed by atoms with van der Waals surface area (Å²) in [5.74, 6) is -0.330. The SMILES string of the molecule is Cn1ncc(C(=O)N[C@@H]2CCN(CC(F)(F)F)C2)c1Br. The third-order valence-electron chi connectivity index (χ3n) is 3.12. The smallest absolute Gasteiger partial charge is 0.348 e. The average molecular weight is 355 g/mol. The molecule has 0 saturated carbocycles. The van der Waals surface area contributed by atoms with Crippen molar-refractivity contribution in [3.63, 3.8) is 0 Å². The van der Waals surface area contributed by atoms with Gasteiger partial charge in [-0.1, -0.05) is 0 Å². The van der Waals surface area contributed by atoms with Gasteiger partial charge in [0.1, 0.15) is 4.60 Å². The molecule has 2 heterocycles. The molecular formula is C11H14BrF3N4O. The molecule has 112 valence electrons. The number of aryl methyl sites for hydroxylation is 1. The first-order chi connectivity index (χ1) is 9.26. The number of hydrogen-bond donors (Lipinski definition) is 1. The van der Waals surface area contributed by atoms with E-state index in [2.05, 4.69) is 26.3 Å². The second-order valence-electron chi connectivity index (χ2n) is 4.78. The number of alkyl halides is 3. The van der Waals surface area contributed by atoms with Crippen LogP contribution in [0.4, 0.5) is 13.2 Å². The third-order valence-corrected chi connectivity index (χ3v) is 4.06. The Morgan fingerprint density at radius 2 is 2.30 bits per heavy atom. The number of likely N-dealkylation sites (tertiary alicyclic amines) is 1. The Morgan fingerprint density at radius 3 is 2.85 bits per heavy atom. The van der Waals surface area contributed by atoms with Crippen LogP contribution in [-0.2, 0) is 7.05 Å². The van der Waals surface area contributed by atoms with Gasteiger partial charge in [-0.15, -0.1) is 0 Å². The van der Waals surface area contributed by atoms with Gasteiger partial charge in [0.2, 0.25) is 0 Å². The van der Waals surface area contributed by atoms with Crippen LogP contribution in [0.15, 0.2) is 10.8 Å². The minimum absolute atomic E-state index is 0.211. The Labute approximate surface area is 122 Å². The number of nitrogens with zero attached hydrogens (tertiary/aromatic N) is 3. The van der Waals surface area contributed by atoms with Gasteiger partial charge in [-0.25, -0.2) is 0 Å². The summed E-state index contributed by atoms with van der Waals surface area (Å²) in [6.07, 6.45) is -2.27. The molecule has 1 aliphatic heterocycles. The normalized spacial score (nSPS) is 20.4. The summed E-state index contributed by atoms with van der Waals surface area (Å²) < 4.78 is 38.9. The van der Waals surface area contributed by atoms with Crippen LogP contribution in [0.25, 0.3) is 0 Å². The standard InChI is InChI=1S/C11H14BrF3N4O/c1-18-9(12)8(4-16-18)10(20)17-7-2-3-19(5-7)6-11(13,14)15/h4,7H,2-3,5-6H2,1H3,(H,17,20)/t7-/m1/s1. The van der Waals surface area contributed by atoms with Gasteiger partial charge in [-0.3, -0.25) is 14.4 Å². The molecule has 20 heavy (non-hydrogen) atoms. The summed E-state index contributed by atoms with van der Waals surface area (Å²) in [5, 5.41) is 6.66. The Bertz CT molecular complexity index is 502. The number of amides is 1. The molecule has 1 aromatic rings. The van der Waals surface area contributed by atoms with Crippen molar-refractivity contribution in [2.45, 2.75) is 18.6 Å². The summed E-state index contributed by atoms with van der Waals surface area (Å²) >= 11 is 3.23. The molecular weight excluding hydrogens is 341 g/mol. The lowest BCUT2D eigenvalue weighted by molar-refractivity contribution is -0.143. The van der Waals surface area contributed by atoms with Crippen LogP contribution in [0.2, 0.25) is 0 Å². The van der Waals surface area contributed by atoms with E-state index in [0.29, 0.717) is 23.1 Å². The van der Waals surface area contributed by atoms with Crippen molar-refractivity contribution < 1.29 is 18.0 Å². The fourth-order valence-electron chi connectivity index (χ4n) is 2.19. The maximum absolute atomic E-state index is 12.3. The minimum Gasteiger partial charge on any atom is -0.348 e. The summed E-state index contributed by atoms with van der Waals surface area (Å²) in [6, 6.07) is -0.267. The molecule has 0 aromatic carbocycles. The highest BCUT2D eigenvalue weighted by Gasteiger charge is 2.34. The van der Waals surface area contributed by atoms with Crippen LogP contribution < -0.4 is 5.32 Å². The van der Waals surface area contributed by atoms with Crippen LogP contribution in [0.1, 0.15) is 16.8 Å². The quantitative estimate of drug-likeness (QED) is 0.895. The fourth-order valence-corrected chi connectivity index (χ4v) is 2.56. The van der Waals surface area contributed by atoms with E-state index >= 15 is 0 Å². The largest absolute Gasteiger partial charge is 0.401 e. The summed E-state index contributed by atoms with van der Waals surface area (Å²) in [4.78, 5) is 13.3. The number of carbonyl (C=O) groups is 1. The molecule has 9 heteroatoms. The van der Waals surface area contributed by atoms with Crippen molar-refractivity contribution in [1.29, 1.82) is 0 Å². The molecule has 1 saturated heterocycles. The maximum Gasteiger partial charge on any atom is 0.401 e. The van der Waals surface area contributed by atoms with Gasteiger partial charge in [0, 0.05) is 26.2 Å². The first kappa shape index (κ1) is 15.3. The highest BCUT2D eigenvalue weighted by molar-refractivity contribution is 9.10. The third kappa shape index (κ3) is 3.72. The Morgan fingerprint density at radius 1 is 1.60 bits per heavy atom. The van der Waals surface area contributed by atoms with Crippen molar-refractivity contribution in [3.8, 4) is 0 Å². The van der Waals surface area contributed by atoms with E-state index in [1.54, 1.807) is 7.05 Å². The van der Waals surface area contributed by atoms with Gasteiger partial charge >= 0.3 is 6.18 Å². The predicted molar refractivity (Wildman–Crippen MR) is 69.3 cm³/mol. The number of rotatable bonds is 3. The molecule has 1 fully saturated rings. The van der Waals surface area contributed by atoms with Crippen molar-refractivity contribution in [2.75, 3.05) is 19.6 Å². The second kappa shape index (κ2) is 5.72. The van der Waals surface area contributed by atoms with Crippen LogP contribution in [0, 0.1) is 0 Å². The van der Waals surface area contributed by atoms with Crippen molar-refractivity contribution >= 4 is 21.8 Å². The lowest BCUT2D eigenvalue weighted by Crippen LogP contribution is -2.39. The average Bonchev–Trinajstić information content (AvgIpc) is 2.86. The number of halogens is 4. The van der Waals surface area contributed by atoms with E-state index in [9.17, 15) is 18.0 Å². The molecule has 1 N–H and O–H groups in total. The molecule has 0 spiro atoms.